The number of Topliss-reactive ketones (excluding diaryl/α,β-unsaturated/α-hetero) is 1. The molecule has 1 heterocycles. The van der Waals surface area contributed by atoms with Crippen molar-refractivity contribution >= 4 is 17.7 Å². The number of esters is 2. The van der Waals surface area contributed by atoms with Crippen LogP contribution in [0.3, 0.4) is 0 Å². The lowest BCUT2D eigenvalue weighted by Gasteiger charge is -2.68. The molecule has 1 saturated heterocycles. The van der Waals surface area contributed by atoms with Gasteiger partial charge in [0, 0.05) is 31.3 Å². The number of ether oxygens (including phenoxy) is 3. The molecule has 7 nitrogen and oxygen atoms in total. The summed E-state index contributed by atoms with van der Waals surface area (Å²) in [4.78, 5) is 38.8. The minimum atomic E-state index is -1.13. The molecule has 0 radical (unpaired) electrons. The summed E-state index contributed by atoms with van der Waals surface area (Å²) in [7, 11) is 1.58. The Balaban J connectivity index is 1.75. The molecular weight excluding hydrogens is 388 g/mol. The van der Waals surface area contributed by atoms with E-state index in [1.165, 1.54) is 6.92 Å². The predicted octanol–water partition coefficient (Wildman–Crippen LogP) is 1.89. The van der Waals surface area contributed by atoms with E-state index in [1.807, 2.05) is 13.8 Å². The van der Waals surface area contributed by atoms with Crippen molar-refractivity contribution in [1.82, 2.24) is 0 Å². The maximum absolute atomic E-state index is 13.8. The van der Waals surface area contributed by atoms with Gasteiger partial charge in [-0.3, -0.25) is 14.4 Å². The van der Waals surface area contributed by atoms with E-state index in [2.05, 4.69) is 0 Å². The van der Waals surface area contributed by atoms with Crippen LogP contribution in [0.15, 0.2) is 0 Å². The molecule has 0 aromatic carbocycles. The van der Waals surface area contributed by atoms with Crippen LogP contribution in [0.2, 0.25) is 0 Å². The molecule has 0 aromatic rings. The largest absolute Gasteiger partial charge is 0.465 e. The molecule has 4 saturated carbocycles. The minimum absolute atomic E-state index is 0.0171. The summed E-state index contributed by atoms with van der Waals surface area (Å²) in [5, 5.41) is 11.5. The summed E-state index contributed by atoms with van der Waals surface area (Å²) in [6.45, 7) is 5.45. The molecule has 1 spiro atoms. The summed E-state index contributed by atoms with van der Waals surface area (Å²) < 4.78 is 17.6. The normalized spacial score (nSPS) is 54.1. The second kappa shape index (κ2) is 6.28. The average Bonchev–Trinajstić information content (AvgIpc) is 2.81. The van der Waals surface area contributed by atoms with Gasteiger partial charge in [0.25, 0.3) is 0 Å². The Morgan fingerprint density at radius 1 is 1.23 bits per heavy atom. The van der Waals surface area contributed by atoms with Crippen molar-refractivity contribution in [3.8, 4) is 0 Å². The first-order valence-corrected chi connectivity index (χ1v) is 11.2. The molecule has 1 N–H and O–H groups in total. The summed E-state index contributed by atoms with van der Waals surface area (Å²) in [6, 6.07) is 0. The first-order chi connectivity index (χ1) is 14.1. The van der Waals surface area contributed by atoms with Crippen LogP contribution in [0, 0.1) is 39.9 Å². The van der Waals surface area contributed by atoms with Crippen LogP contribution in [0.5, 0.6) is 0 Å². The quantitative estimate of drug-likeness (QED) is 0.681. The SMILES string of the molecule is COC1C[C@H]2[C@@]3(CCC[C@@]2(C)C(=O)OC3)[C@@H]2[C@@H](OC(C)=O)C[C@@H]3[C@@H](O)C12C(=O)[C@@H]3C. The van der Waals surface area contributed by atoms with Gasteiger partial charge in [0.15, 0.2) is 0 Å². The summed E-state index contributed by atoms with van der Waals surface area (Å²) in [6.07, 6.45) is 1.51. The Bertz CT molecular complexity index is 809. The topological polar surface area (TPSA) is 99.1 Å². The van der Waals surface area contributed by atoms with Crippen LogP contribution >= 0.6 is 0 Å². The monoisotopic (exact) mass is 420 g/mol. The molecule has 0 amide bonds. The van der Waals surface area contributed by atoms with Gasteiger partial charge in [0.2, 0.25) is 0 Å². The highest BCUT2D eigenvalue weighted by atomic mass is 16.5. The second-order valence-corrected chi connectivity index (χ2v) is 10.6. The van der Waals surface area contributed by atoms with Gasteiger partial charge in [-0.1, -0.05) is 13.3 Å². The van der Waals surface area contributed by atoms with Gasteiger partial charge in [-0.25, -0.2) is 0 Å². The van der Waals surface area contributed by atoms with Crippen LogP contribution in [0.4, 0.5) is 0 Å². The number of aliphatic hydroxyl groups is 1. The average molecular weight is 421 g/mol. The number of ketones is 1. The minimum Gasteiger partial charge on any atom is -0.465 e. The van der Waals surface area contributed by atoms with E-state index in [4.69, 9.17) is 14.2 Å². The Hall–Kier alpha value is -1.47. The highest BCUT2D eigenvalue weighted by molar-refractivity contribution is 5.92. The highest BCUT2D eigenvalue weighted by Crippen LogP contribution is 2.73. The van der Waals surface area contributed by atoms with E-state index >= 15 is 0 Å². The highest BCUT2D eigenvalue weighted by Gasteiger charge is 2.80. The van der Waals surface area contributed by atoms with Crippen molar-refractivity contribution in [1.29, 1.82) is 0 Å². The molecule has 1 aliphatic heterocycles. The van der Waals surface area contributed by atoms with E-state index < -0.39 is 40.5 Å². The third-order valence-electron chi connectivity index (χ3n) is 9.71. The summed E-state index contributed by atoms with van der Waals surface area (Å²) >= 11 is 0. The maximum atomic E-state index is 13.8. The molecule has 30 heavy (non-hydrogen) atoms. The third kappa shape index (κ3) is 2.11. The molecule has 0 aromatic heterocycles. The zero-order chi connectivity index (χ0) is 21.6. The van der Waals surface area contributed by atoms with E-state index in [0.717, 1.165) is 19.3 Å². The lowest BCUT2D eigenvalue weighted by molar-refractivity contribution is -0.288. The summed E-state index contributed by atoms with van der Waals surface area (Å²) in [5.74, 6) is -1.59. The van der Waals surface area contributed by atoms with E-state index in [9.17, 15) is 19.5 Å². The van der Waals surface area contributed by atoms with Crippen molar-refractivity contribution in [2.75, 3.05) is 13.7 Å². The van der Waals surface area contributed by atoms with Crippen LogP contribution in [0.25, 0.3) is 0 Å². The molecule has 4 aliphatic carbocycles. The van der Waals surface area contributed by atoms with Crippen molar-refractivity contribution in [2.24, 2.45) is 39.9 Å². The van der Waals surface area contributed by atoms with Crippen molar-refractivity contribution in [3.63, 3.8) is 0 Å². The fourth-order valence-corrected chi connectivity index (χ4v) is 8.68. The molecular formula is C23H32O7. The van der Waals surface area contributed by atoms with E-state index in [1.54, 1.807) is 7.11 Å². The standard InChI is InChI=1S/C23H32O7/c1-11-13-8-14(30-12(2)24)17-22-7-5-6-21(3,20(27)29-10-22)15(22)9-16(28-4)23(17,18(11)25)19(13)26/h11,13-17,19,26H,5-10H2,1-4H3/t11-,13+,14+,15-,16?,17+,19-,21-,22+,23?/m1/s1. The number of aliphatic hydroxyl groups excluding tert-OH is 1. The number of hydrogen-bond acceptors (Lipinski definition) is 7. The molecule has 5 aliphatic rings. The Morgan fingerprint density at radius 2 is 1.97 bits per heavy atom. The Morgan fingerprint density at radius 3 is 2.63 bits per heavy atom. The second-order valence-electron chi connectivity index (χ2n) is 10.6. The molecule has 10 atom stereocenters. The van der Waals surface area contributed by atoms with Crippen LogP contribution in [0.1, 0.15) is 52.9 Å². The van der Waals surface area contributed by atoms with E-state index in [-0.39, 0.29) is 42.1 Å². The number of rotatable bonds is 2. The smallest absolute Gasteiger partial charge is 0.312 e. The molecule has 5 fully saturated rings. The fourth-order valence-electron chi connectivity index (χ4n) is 8.68. The lowest BCUT2D eigenvalue weighted by atomic mass is 9.38. The molecule has 5 rings (SSSR count). The Kier molecular flexibility index (Phi) is 4.28. The van der Waals surface area contributed by atoms with Gasteiger partial charge >= 0.3 is 11.9 Å². The van der Waals surface area contributed by atoms with Gasteiger partial charge in [0.05, 0.1) is 29.6 Å². The van der Waals surface area contributed by atoms with Gasteiger partial charge < -0.3 is 19.3 Å². The zero-order valence-electron chi connectivity index (χ0n) is 18.2. The van der Waals surface area contributed by atoms with Crippen LogP contribution in [-0.4, -0.2) is 54.9 Å². The number of fused-ring (bicyclic) bond motifs is 1. The lowest BCUT2D eigenvalue weighted by Crippen LogP contribution is -2.74. The van der Waals surface area contributed by atoms with Gasteiger partial charge in [-0.15, -0.1) is 0 Å². The first kappa shape index (κ1) is 20.4. The van der Waals surface area contributed by atoms with Gasteiger partial charge in [0.1, 0.15) is 11.9 Å². The van der Waals surface area contributed by atoms with Gasteiger partial charge in [-0.05, 0) is 44.4 Å². The van der Waals surface area contributed by atoms with Crippen LogP contribution < -0.4 is 0 Å². The zero-order valence-corrected chi connectivity index (χ0v) is 18.2. The van der Waals surface area contributed by atoms with Crippen molar-refractivity contribution < 1.29 is 33.7 Å². The maximum Gasteiger partial charge on any atom is 0.312 e. The molecule has 4 bridgehead atoms. The van der Waals surface area contributed by atoms with E-state index in [0.29, 0.717) is 12.8 Å². The number of hydrogen-bond donors (Lipinski definition) is 1. The fraction of sp³-hybridized carbons (Fsp3) is 0.870. The van der Waals surface area contributed by atoms with Crippen molar-refractivity contribution in [3.05, 3.63) is 0 Å². The first-order valence-electron chi connectivity index (χ1n) is 11.2. The summed E-state index contributed by atoms with van der Waals surface area (Å²) in [5.41, 5.74) is -2.28. The number of carbonyl (C=O) groups is 3. The third-order valence-corrected chi connectivity index (χ3v) is 9.71. The number of cyclic esters (lactones) is 1. The van der Waals surface area contributed by atoms with Crippen molar-refractivity contribution in [2.45, 2.75) is 71.2 Å². The predicted molar refractivity (Wildman–Crippen MR) is 104 cm³/mol. The number of carbonyl (C=O) groups excluding carboxylic acids is 3. The number of methoxy groups -OCH3 is 1. The van der Waals surface area contributed by atoms with Crippen LogP contribution in [-0.2, 0) is 28.6 Å². The molecule has 7 heteroatoms. The molecule has 2 unspecified atom stereocenters. The van der Waals surface area contributed by atoms with Gasteiger partial charge in [-0.2, -0.15) is 0 Å². The Labute approximate surface area is 176 Å². The molecule has 166 valence electrons.